The number of carbonyl (C=O) groups is 1. The molecule has 184 valence electrons. The molecule has 1 amide bonds. The van der Waals surface area contributed by atoms with Crippen LogP contribution in [0.4, 0.5) is 11.5 Å². The molecule has 0 aliphatic carbocycles. The van der Waals surface area contributed by atoms with E-state index in [0.717, 1.165) is 68.5 Å². The monoisotopic (exact) mass is 475 g/mol. The number of para-hydroxylation sites is 1. The van der Waals surface area contributed by atoms with Gasteiger partial charge in [0.15, 0.2) is 0 Å². The SMILES string of the molecule is CCOc1ccc2cccc(N3CCN(CCCCOc4ccc5c(n4)NC(=O)CC5)CC3)c2n1. The first-order valence-electron chi connectivity index (χ1n) is 12.6. The van der Waals surface area contributed by atoms with Gasteiger partial charge in [0.25, 0.3) is 0 Å². The molecule has 2 aliphatic rings. The molecule has 0 saturated carbocycles. The van der Waals surface area contributed by atoms with Gasteiger partial charge in [-0.3, -0.25) is 9.69 Å². The van der Waals surface area contributed by atoms with Gasteiger partial charge in [0, 0.05) is 50.1 Å². The number of amides is 1. The lowest BCUT2D eigenvalue weighted by atomic mass is 10.1. The molecule has 1 saturated heterocycles. The zero-order valence-corrected chi connectivity index (χ0v) is 20.3. The highest BCUT2D eigenvalue weighted by Crippen LogP contribution is 2.28. The van der Waals surface area contributed by atoms with E-state index in [1.54, 1.807) is 0 Å². The molecular weight excluding hydrogens is 442 g/mol. The normalized spacial score (nSPS) is 16.1. The number of anilines is 2. The maximum absolute atomic E-state index is 11.6. The van der Waals surface area contributed by atoms with Gasteiger partial charge in [0.2, 0.25) is 17.7 Å². The summed E-state index contributed by atoms with van der Waals surface area (Å²) in [6.45, 7) is 8.34. The Hall–Kier alpha value is -3.39. The van der Waals surface area contributed by atoms with Crippen molar-refractivity contribution in [1.82, 2.24) is 14.9 Å². The third kappa shape index (κ3) is 5.65. The maximum atomic E-state index is 11.6. The number of aryl methyl sites for hydroxylation is 1. The lowest BCUT2D eigenvalue weighted by molar-refractivity contribution is -0.116. The minimum atomic E-state index is 0.0224. The molecule has 2 aromatic heterocycles. The van der Waals surface area contributed by atoms with Crippen molar-refractivity contribution in [3.63, 3.8) is 0 Å². The standard InChI is InChI=1S/C27H33N5O3/c1-2-34-24-12-9-20-6-5-7-22(26(20)29-24)32-17-15-31(16-18-32)14-3-4-19-35-25-13-10-21-8-11-23(33)28-27(21)30-25/h5-7,9-10,12-13H,2-4,8,11,14-19H2,1H3,(H,28,30,33). The quantitative estimate of drug-likeness (QED) is 0.470. The molecule has 4 heterocycles. The van der Waals surface area contributed by atoms with Crippen LogP contribution in [-0.2, 0) is 11.2 Å². The summed E-state index contributed by atoms with van der Waals surface area (Å²) in [5.41, 5.74) is 3.27. The van der Waals surface area contributed by atoms with E-state index in [1.165, 1.54) is 5.69 Å². The van der Waals surface area contributed by atoms with E-state index in [1.807, 2.05) is 25.1 Å². The van der Waals surface area contributed by atoms with E-state index in [9.17, 15) is 4.79 Å². The number of hydrogen-bond donors (Lipinski definition) is 1. The van der Waals surface area contributed by atoms with E-state index < -0.39 is 0 Å². The van der Waals surface area contributed by atoms with Gasteiger partial charge in [-0.1, -0.05) is 12.1 Å². The molecule has 2 aliphatic heterocycles. The summed E-state index contributed by atoms with van der Waals surface area (Å²) < 4.78 is 11.5. The molecule has 0 atom stereocenters. The van der Waals surface area contributed by atoms with Crippen LogP contribution in [0.5, 0.6) is 11.8 Å². The van der Waals surface area contributed by atoms with Crippen molar-refractivity contribution in [3.8, 4) is 11.8 Å². The Bertz CT molecular complexity index is 1180. The average molecular weight is 476 g/mol. The molecule has 1 N–H and O–H groups in total. The van der Waals surface area contributed by atoms with Crippen LogP contribution in [-0.4, -0.2) is 66.7 Å². The summed E-state index contributed by atoms with van der Waals surface area (Å²) in [7, 11) is 0. The van der Waals surface area contributed by atoms with Crippen LogP contribution < -0.4 is 19.7 Å². The van der Waals surface area contributed by atoms with Gasteiger partial charge in [-0.05, 0) is 56.5 Å². The van der Waals surface area contributed by atoms with Crippen molar-refractivity contribution in [2.45, 2.75) is 32.6 Å². The van der Waals surface area contributed by atoms with Crippen LogP contribution in [0.15, 0.2) is 42.5 Å². The van der Waals surface area contributed by atoms with E-state index in [-0.39, 0.29) is 5.91 Å². The number of ether oxygens (including phenoxy) is 2. The highest BCUT2D eigenvalue weighted by Gasteiger charge is 2.19. The highest BCUT2D eigenvalue weighted by molar-refractivity contribution is 5.93. The number of benzene rings is 1. The van der Waals surface area contributed by atoms with Gasteiger partial charge in [0.05, 0.1) is 24.4 Å². The predicted octanol–water partition coefficient (Wildman–Crippen LogP) is 3.89. The van der Waals surface area contributed by atoms with E-state index in [4.69, 9.17) is 14.5 Å². The van der Waals surface area contributed by atoms with Crippen molar-refractivity contribution in [2.75, 3.05) is 56.2 Å². The summed E-state index contributed by atoms with van der Waals surface area (Å²) in [4.78, 5) is 25.7. The van der Waals surface area contributed by atoms with E-state index in [0.29, 0.717) is 37.2 Å². The zero-order chi connectivity index (χ0) is 24.0. The first-order chi connectivity index (χ1) is 17.2. The molecule has 0 bridgehead atoms. The second-order valence-corrected chi connectivity index (χ2v) is 9.02. The average Bonchev–Trinajstić information content (AvgIpc) is 2.88. The molecule has 5 rings (SSSR count). The number of nitrogens with zero attached hydrogens (tertiary/aromatic N) is 4. The van der Waals surface area contributed by atoms with Crippen molar-refractivity contribution in [2.24, 2.45) is 0 Å². The Morgan fingerprint density at radius 3 is 2.60 bits per heavy atom. The summed E-state index contributed by atoms with van der Waals surface area (Å²) in [5, 5.41) is 3.97. The van der Waals surface area contributed by atoms with Crippen LogP contribution in [0, 0.1) is 0 Å². The fraction of sp³-hybridized carbons (Fsp3) is 0.444. The Morgan fingerprint density at radius 1 is 0.914 bits per heavy atom. The lowest BCUT2D eigenvalue weighted by Gasteiger charge is -2.36. The van der Waals surface area contributed by atoms with Crippen LogP contribution in [0.25, 0.3) is 10.9 Å². The summed E-state index contributed by atoms with van der Waals surface area (Å²) in [6.07, 6.45) is 3.32. The topological polar surface area (TPSA) is 79.8 Å². The number of piperazine rings is 1. The summed E-state index contributed by atoms with van der Waals surface area (Å²) in [5.74, 6) is 1.93. The van der Waals surface area contributed by atoms with Crippen molar-refractivity contribution < 1.29 is 14.3 Å². The van der Waals surface area contributed by atoms with Gasteiger partial charge in [-0.25, -0.2) is 4.98 Å². The van der Waals surface area contributed by atoms with Gasteiger partial charge >= 0.3 is 0 Å². The number of fused-ring (bicyclic) bond motifs is 2. The van der Waals surface area contributed by atoms with Crippen molar-refractivity contribution in [1.29, 1.82) is 0 Å². The third-order valence-corrected chi connectivity index (χ3v) is 6.63. The second-order valence-electron chi connectivity index (χ2n) is 9.02. The highest BCUT2D eigenvalue weighted by atomic mass is 16.5. The lowest BCUT2D eigenvalue weighted by Crippen LogP contribution is -2.46. The van der Waals surface area contributed by atoms with Gasteiger partial charge in [0.1, 0.15) is 5.82 Å². The van der Waals surface area contributed by atoms with E-state index >= 15 is 0 Å². The number of unbranched alkanes of at least 4 members (excludes halogenated alkanes) is 1. The molecule has 8 heteroatoms. The molecule has 3 aromatic rings. The Labute approximate surface area is 206 Å². The number of nitrogens with one attached hydrogen (secondary N) is 1. The molecule has 35 heavy (non-hydrogen) atoms. The minimum absolute atomic E-state index is 0.0224. The predicted molar refractivity (Wildman–Crippen MR) is 137 cm³/mol. The summed E-state index contributed by atoms with van der Waals surface area (Å²) >= 11 is 0. The Morgan fingerprint density at radius 2 is 1.74 bits per heavy atom. The fourth-order valence-electron chi connectivity index (χ4n) is 4.73. The minimum Gasteiger partial charge on any atom is -0.478 e. The number of carbonyl (C=O) groups excluding carboxylic acids is 1. The number of rotatable bonds is 9. The largest absolute Gasteiger partial charge is 0.478 e. The Balaban J connectivity index is 1.07. The molecule has 1 aromatic carbocycles. The van der Waals surface area contributed by atoms with Gasteiger partial charge in [-0.15, -0.1) is 0 Å². The van der Waals surface area contributed by atoms with Crippen LogP contribution in [0.3, 0.4) is 0 Å². The van der Waals surface area contributed by atoms with Gasteiger partial charge < -0.3 is 19.7 Å². The smallest absolute Gasteiger partial charge is 0.225 e. The van der Waals surface area contributed by atoms with Crippen molar-refractivity contribution in [3.05, 3.63) is 48.0 Å². The van der Waals surface area contributed by atoms with Crippen LogP contribution >= 0.6 is 0 Å². The fourth-order valence-corrected chi connectivity index (χ4v) is 4.73. The molecule has 0 radical (unpaired) electrons. The number of aromatic nitrogens is 2. The van der Waals surface area contributed by atoms with E-state index in [2.05, 4.69) is 44.4 Å². The number of hydrogen-bond acceptors (Lipinski definition) is 7. The van der Waals surface area contributed by atoms with Crippen LogP contribution in [0.1, 0.15) is 31.7 Å². The third-order valence-electron chi connectivity index (χ3n) is 6.63. The molecular formula is C27H33N5O3. The van der Waals surface area contributed by atoms with Crippen LogP contribution in [0.2, 0.25) is 0 Å². The van der Waals surface area contributed by atoms with Crippen molar-refractivity contribution >= 4 is 28.3 Å². The number of pyridine rings is 2. The molecule has 8 nitrogen and oxygen atoms in total. The zero-order valence-electron chi connectivity index (χ0n) is 20.3. The first-order valence-corrected chi connectivity index (χ1v) is 12.6. The summed E-state index contributed by atoms with van der Waals surface area (Å²) in [6, 6.07) is 14.3. The first kappa shape index (κ1) is 23.4. The second kappa shape index (κ2) is 10.9. The Kier molecular flexibility index (Phi) is 7.28. The van der Waals surface area contributed by atoms with Gasteiger partial charge in [-0.2, -0.15) is 4.98 Å². The molecule has 1 fully saturated rings. The molecule has 0 spiro atoms. The molecule has 0 unspecified atom stereocenters. The maximum Gasteiger partial charge on any atom is 0.225 e.